The number of hydrogen-bond acceptors (Lipinski definition) is 3. The number of carbonyl (C=O) groups excluding carboxylic acids is 2. The first-order valence-corrected chi connectivity index (χ1v) is 10.8. The molecule has 0 spiro atoms. The average molecular weight is 429 g/mol. The summed E-state index contributed by atoms with van der Waals surface area (Å²) in [5.74, 6) is 0.134. The van der Waals surface area contributed by atoms with Gasteiger partial charge in [-0.3, -0.25) is 9.59 Å². The first-order chi connectivity index (χ1) is 14.8. The number of carbonyl (C=O) groups is 2. The zero-order chi connectivity index (χ0) is 22.8. The number of benzene rings is 2. The van der Waals surface area contributed by atoms with Crippen molar-refractivity contribution in [1.29, 1.82) is 0 Å². The fourth-order valence-electron chi connectivity index (χ4n) is 3.28. The van der Waals surface area contributed by atoms with E-state index < -0.39 is 6.04 Å². The Morgan fingerprint density at radius 3 is 2.29 bits per heavy atom. The van der Waals surface area contributed by atoms with E-state index in [2.05, 4.69) is 5.32 Å². The van der Waals surface area contributed by atoms with Crippen LogP contribution < -0.4 is 10.1 Å². The minimum absolute atomic E-state index is 0.0211. The molecule has 0 saturated heterocycles. The Labute approximate surface area is 184 Å². The monoisotopic (exact) mass is 428 g/mol. The Kier molecular flexibility index (Phi) is 9.50. The summed E-state index contributed by atoms with van der Waals surface area (Å²) in [6.45, 7) is 8.34. The van der Waals surface area contributed by atoms with Gasteiger partial charge >= 0.3 is 0 Å². The van der Waals surface area contributed by atoms with E-state index >= 15 is 0 Å². The van der Waals surface area contributed by atoms with Gasteiger partial charge in [0.25, 0.3) is 0 Å². The molecule has 0 bridgehead atoms. The molecule has 1 atom stereocenters. The maximum Gasteiger partial charge on any atom is 0.243 e. The quantitative estimate of drug-likeness (QED) is 0.531. The van der Waals surface area contributed by atoms with Crippen LogP contribution in [0.25, 0.3) is 0 Å². The molecular formula is C25H33FN2O3. The van der Waals surface area contributed by atoms with Gasteiger partial charge in [0.1, 0.15) is 17.6 Å². The van der Waals surface area contributed by atoms with Crippen molar-refractivity contribution in [2.24, 2.45) is 0 Å². The molecule has 0 aliphatic rings. The van der Waals surface area contributed by atoms with Gasteiger partial charge in [0.05, 0.1) is 6.61 Å². The molecule has 2 rings (SSSR count). The van der Waals surface area contributed by atoms with Gasteiger partial charge in [0.2, 0.25) is 11.8 Å². The van der Waals surface area contributed by atoms with Gasteiger partial charge in [0.15, 0.2) is 0 Å². The molecule has 2 aromatic carbocycles. The van der Waals surface area contributed by atoms with E-state index in [-0.39, 0.29) is 36.6 Å². The largest absolute Gasteiger partial charge is 0.494 e. The van der Waals surface area contributed by atoms with Gasteiger partial charge in [-0.1, -0.05) is 36.8 Å². The van der Waals surface area contributed by atoms with E-state index in [4.69, 9.17) is 4.74 Å². The summed E-state index contributed by atoms with van der Waals surface area (Å²) in [5.41, 5.74) is 1.94. The molecular weight excluding hydrogens is 395 g/mol. The number of ether oxygens (including phenoxy) is 1. The highest BCUT2D eigenvalue weighted by Gasteiger charge is 2.28. The number of nitrogens with zero attached hydrogens (tertiary/aromatic N) is 1. The third kappa shape index (κ3) is 8.04. The van der Waals surface area contributed by atoms with Crippen LogP contribution in [0.2, 0.25) is 0 Å². The van der Waals surface area contributed by atoms with Crippen molar-refractivity contribution >= 4 is 11.8 Å². The Balaban J connectivity index is 2.04. The van der Waals surface area contributed by atoms with Crippen LogP contribution >= 0.6 is 0 Å². The predicted octanol–water partition coefficient (Wildman–Crippen LogP) is 4.63. The van der Waals surface area contributed by atoms with E-state index in [1.807, 2.05) is 52.0 Å². The minimum Gasteiger partial charge on any atom is -0.494 e. The summed E-state index contributed by atoms with van der Waals surface area (Å²) in [5, 5.41) is 2.90. The zero-order valence-electron chi connectivity index (χ0n) is 18.9. The highest BCUT2D eigenvalue weighted by atomic mass is 19.1. The summed E-state index contributed by atoms with van der Waals surface area (Å²) in [6.07, 6.45) is 1.29. The minimum atomic E-state index is -0.585. The van der Waals surface area contributed by atoms with Crippen molar-refractivity contribution in [3.63, 3.8) is 0 Å². The van der Waals surface area contributed by atoms with E-state index in [0.29, 0.717) is 19.4 Å². The SMILES string of the molecule is CC[C@@H](C(=O)NC(C)C)N(Cc1ccc(F)cc1)C(=O)CCCOc1ccc(C)cc1. The second-order valence-electron chi connectivity index (χ2n) is 8.00. The van der Waals surface area contributed by atoms with Crippen LogP contribution in [0.5, 0.6) is 5.75 Å². The number of hydrogen-bond donors (Lipinski definition) is 1. The second-order valence-corrected chi connectivity index (χ2v) is 8.00. The average Bonchev–Trinajstić information content (AvgIpc) is 2.73. The number of aryl methyl sites for hydroxylation is 1. The molecule has 6 heteroatoms. The van der Waals surface area contributed by atoms with Crippen LogP contribution in [0, 0.1) is 12.7 Å². The Morgan fingerprint density at radius 1 is 1.06 bits per heavy atom. The summed E-state index contributed by atoms with van der Waals surface area (Å²) in [4.78, 5) is 27.4. The van der Waals surface area contributed by atoms with Gasteiger partial charge in [-0.2, -0.15) is 0 Å². The maximum atomic E-state index is 13.3. The topological polar surface area (TPSA) is 58.6 Å². The molecule has 0 radical (unpaired) electrons. The van der Waals surface area contributed by atoms with Gasteiger partial charge in [0, 0.05) is 19.0 Å². The van der Waals surface area contributed by atoms with Gasteiger partial charge in [-0.15, -0.1) is 0 Å². The summed E-state index contributed by atoms with van der Waals surface area (Å²) < 4.78 is 19.0. The maximum absolute atomic E-state index is 13.3. The summed E-state index contributed by atoms with van der Waals surface area (Å²) in [7, 11) is 0. The molecule has 31 heavy (non-hydrogen) atoms. The molecule has 1 N–H and O–H groups in total. The van der Waals surface area contributed by atoms with Crippen molar-refractivity contribution < 1.29 is 18.7 Å². The predicted molar refractivity (Wildman–Crippen MR) is 120 cm³/mol. The first kappa shape index (κ1) is 24.4. The smallest absolute Gasteiger partial charge is 0.243 e. The van der Waals surface area contributed by atoms with Crippen LogP contribution in [-0.2, 0) is 16.1 Å². The summed E-state index contributed by atoms with van der Waals surface area (Å²) >= 11 is 0. The molecule has 0 heterocycles. The van der Waals surface area contributed by atoms with E-state index in [0.717, 1.165) is 16.9 Å². The van der Waals surface area contributed by atoms with Gasteiger partial charge < -0.3 is 15.0 Å². The highest BCUT2D eigenvalue weighted by Crippen LogP contribution is 2.16. The first-order valence-electron chi connectivity index (χ1n) is 10.8. The number of nitrogens with one attached hydrogen (secondary N) is 1. The van der Waals surface area contributed by atoms with E-state index in [9.17, 15) is 14.0 Å². The van der Waals surface area contributed by atoms with Crippen molar-refractivity contribution in [2.75, 3.05) is 6.61 Å². The van der Waals surface area contributed by atoms with Crippen LogP contribution in [0.15, 0.2) is 48.5 Å². The fourth-order valence-corrected chi connectivity index (χ4v) is 3.28. The van der Waals surface area contributed by atoms with Gasteiger partial charge in [-0.05, 0) is 63.4 Å². The normalized spacial score (nSPS) is 11.8. The van der Waals surface area contributed by atoms with Crippen LogP contribution in [0.1, 0.15) is 51.2 Å². The van der Waals surface area contributed by atoms with Crippen molar-refractivity contribution in [2.45, 2.75) is 65.6 Å². The van der Waals surface area contributed by atoms with Gasteiger partial charge in [-0.25, -0.2) is 4.39 Å². The molecule has 2 amide bonds. The Morgan fingerprint density at radius 2 is 1.71 bits per heavy atom. The standard InChI is InChI=1S/C25H33FN2O3/c1-5-23(25(30)27-18(2)3)28(17-20-10-12-21(26)13-11-20)24(29)7-6-16-31-22-14-8-19(4)9-15-22/h8-15,18,23H,5-7,16-17H2,1-4H3,(H,27,30)/t23-/m0/s1. The molecule has 0 unspecified atom stereocenters. The Bertz CT molecular complexity index is 835. The lowest BCUT2D eigenvalue weighted by molar-refractivity contribution is -0.141. The zero-order valence-corrected chi connectivity index (χ0v) is 18.9. The molecule has 0 saturated carbocycles. The molecule has 168 valence electrons. The number of halogens is 1. The third-order valence-electron chi connectivity index (χ3n) is 4.91. The lowest BCUT2D eigenvalue weighted by Crippen LogP contribution is -2.50. The third-order valence-corrected chi connectivity index (χ3v) is 4.91. The van der Waals surface area contributed by atoms with Crippen molar-refractivity contribution in [3.05, 3.63) is 65.5 Å². The molecule has 0 aliphatic heterocycles. The Hall–Kier alpha value is -2.89. The van der Waals surface area contributed by atoms with Crippen LogP contribution in [0.3, 0.4) is 0 Å². The molecule has 0 aliphatic carbocycles. The lowest BCUT2D eigenvalue weighted by Gasteiger charge is -2.31. The molecule has 2 aromatic rings. The summed E-state index contributed by atoms with van der Waals surface area (Å²) in [6, 6.07) is 13.2. The van der Waals surface area contributed by atoms with Crippen molar-refractivity contribution in [1.82, 2.24) is 10.2 Å². The van der Waals surface area contributed by atoms with E-state index in [1.54, 1.807) is 17.0 Å². The van der Waals surface area contributed by atoms with Crippen molar-refractivity contribution in [3.8, 4) is 5.75 Å². The lowest BCUT2D eigenvalue weighted by atomic mass is 10.1. The van der Waals surface area contributed by atoms with Crippen LogP contribution in [-0.4, -0.2) is 35.4 Å². The number of rotatable bonds is 11. The molecule has 0 fully saturated rings. The molecule has 0 aromatic heterocycles. The fraction of sp³-hybridized carbons (Fsp3) is 0.440. The second kappa shape index (κ2) is 12.1. The van der Waals surface area contributed by atoms with Crippen LogP contribution in [0.4, 0.5) is 4.39 Å². The number of amides is 2. The van der Waals surface area contributed by atoms with E-state index in [1.165, 1.54) is 12.1 Å². The molecule has 5 nitrogen and oxygen atoms in total. The highest BCUT2D eigenvalue weighted by molar-refractivity contribution is 5.87.